The van der Waals surface area contributed by atoms with E-state index in [0.29, 0.717) is 6.54 Å². The number of hydrogen-bond donors (Lipinski definition) is 1. The smallest absolute Gasteiger partial charge is 0.259 e. The summed E-state index contributed by atoms with van der Waals surface area (Å²) >= 11 is 0. The van der Waals surface area contributed by atoms with Gasteiger partial charge in [0.1, 0.15) is 8.24 Å². The third-order valence-corrected chi connectivity index (χ3v) is 16.8. The fourth-order valence-corrected chi connectivity index (χ4v) is 6.92. The van der Waals surface area contributed by atoms with Crippen LogP contribution in [-0.2, 0) is 14.0 Å². The molecule has 1 N–H and O–H groups in total. The van der Waals surface area contributed by atoms with Gasteiger partial charge in [0.05, 0.1) is 5.75 Å². The topological polar surface area (TPSA) is 55.4 Å². The van der Waals surface area contributed by atoms with Crippen molar-refractivity contribution in [3.8, 4) is 0 Å². The largest absolute Gasteiger partial charge is 0.336 e. The van der Waals surface area contributed by atoms with Crippen LogP contribution in [-0.4, -0.2) is 37.3 Å². The lowest BCUT2D eigenvalue weighted by Crippen LogP contribution is -2.53. The Balaban J connectivity index is 4.68. The Kier molecular flexibility index (Phi) is 6.52. The van der Waals surface area contributed by atoms with Gasteiger partial charge in [0.2, 0.25) is 8.32 Å². The number of nitrogens with one attached hydrogen (secondary N) is 1. The molecule has 0 radical (unpaired) electrons. The summed E-state index contributed by atoms with van der Waals surface area (Å²) in [4.78, 5) is 3.47. The van der Waals surface area contributed by atoms with Gasteiger partial charge >= 0.3 is 0 Å². The van der Waals surface area contributed by atoms with E-state index in [9.17, 15) is 8.42 Å². The molecular weight excluding hydrogens is 318 g/mol. The van der Waals surface area contributed by atoms with Crippen LogP contribution in [0.5, 0.6) is 0 Å². The molecule has 4 nitrogen and oxygen atoms in total. The van der Waals surface area contributed by atoms with Gasteiger partial charge in [-0.3, -0.25) is 0 Å². The highest BCUT2D eigenvalue weighted by Gasteiger charge is 2.41. The maximum atomic E-state index is 12.2. The summed E-state index contributed by atoms with van der Waals surface area (Å²) in [5.74, 6) is 0.0476. The summed E-state index contributed by atoms with van der Waals surface area (Å²) in [6.07, 6.45) is 0. The Morgan fingerprint density at radius 2 is 1.33 bits per heavy atom. The van der Waals surface area contributed by atoms with Gasteiger partial charge < -0.3 is 8.85 Å². The van der Waals surface area contributed by atoms with Crippen LogP contribution in [0.15, 0.2) is 0 Å². The van der Waals surface area contributed by atoms with Crippen molar-refractivity contribution in [2.75, 3.05) is 12.3 Å². The monoisotopic (exact) mass is 353 g/mol. The molecule has 0 aromatic carbocycles. The summed E-state index contributed by atoms with van der Waals surface area (Å²) in [5, 5.41) is 0.0873. The van der Waals surface area contributed by atoms with Crippen molar-refractivity contribution in [1.82, 2.24) is 4.98 Å². The SMILES string of the molecule is CC(C)(C)[Si](C)(C)NCCS(=O)(=O)O[Si](C)(C)C(C)(C)C. The molecule has 0 aromatic heterocycles. The van der Waals surface area contributed by atoms with E-state index in [-0.39, 0.29) is 15.8 Å². The maximum absolute atomic E-state index is 12.2. The normalized spacial score (nSPS) is 15.3. The maximum Gasteiger partial charge on any atom is 0.259 e. The van der Waals surface area contributed by atoms with Crippen LogP contribution in [0.4, 0.5) is 0 Å². The second-order valence-electron chi connectivity index (χ2n) is 8.91. The van der Waals surface area contributed by atoms with Crippen LogP contribution in [0.1, 0.15) is 41.5 Å². The van der Waals surface area contributed by atoms with E-state index in [0.717, 1.165) is 0 Å². The molecule has 0 aromatic rings. The summed E-state index contributed by atoms with van der Waals surface area (Å²) in [7, 11) is -7.40. The molecule has 128 valence electrons. The van der Waals surface area contributed by atoms with E-state index >= 15 is 0 Å². The second kappa shape index (κ2) is 6.43. The van der Waals surface area contributed by atoms with E-state index < -0.39 is 26.7 Å². The Labute approximate surface area is 134 Å². The fourth-order valence-electron chi connectivity index (χ4n) is 1.24. The summed E-state index contributed by atoms with van der Waals surface area (Å²) in [5.41, 5.74) is 0. The highest BCUT2D eigenvalue weighted by molar-refractivity contribution is 7.87. The van der Waals surface area contributed by atoms with Gasteiger partial charge in [-0.15, -0.1) is 0 Å². The molecule has 0 bridgehead atoms. The van der Waals surface area contributed by atoms with Crippen LogP contribution in [0.25, 0.3) is 0 Å². The average molecular weight is 354 g/mol. The van der Waals surface area contributed by atoms with E-state index in [1.54, 1.807) is 0 Å². The van der Waals surface area contributed by atoms with Crippen LogP contribution in [0.3, 0.4) is 0 Å². The molecule has 0 amide bonds. The standard InChI is InChI=1S/C14H35NO3SSi2/c1-13(2,3)20(7,8)15-11-12-19(16,17)18-21(9,10)14(4,5)6/h15H,11-12H2,1-10H3. The van der Waals surface area contributed by atoms with Gasteiger partial charge in [-0.25, -0.2) is 8.42 Å². The quantitative estimate of drug-likeness (QED) is 0.735. The first kappa shape index (κ1) is 21.3. The lowest BCUT2D eigenvalue weighted by atomic mass is 10.2. The molecule has 0 aliphatic heterocycles. The van der Waals surface area contributed by atoms with Gasteiger partial charge in [0.15, 0.2) is 0 Å². The van der Waals surface area contributed by atoms with Gasteiger partial charge in [-0.1, -0.05) is 54.6 Å². The second-order valence-corrected chi connectivity index (χ2v) is 20.7. The molecule has 0 spiro atoms. The zero-order valence-electron chi connectivity index (χ0n) is 15.5. The Morgan fingerprint density at radius 1 is 0.905 bits per heavy atom. The Hall–Kier alpha value is 0.304. The van der Waals surface area contributed by atoms with Crippen molar-refractivity contribution in [1.29, 1.82) is 0 Å². The Bertz CT molecular complexity index is 446. The molecule has 0 aliphatic carbocycles. The van der Waals surface area contributed by atoms with E-state index in [1.165, 1.54) is 0 Å². The lowest BCUT2D eigenvalue weighted by molar-refractivity contribution is 0.456. The van der Waals surface area contributed by atoms with Gasteiger partial charge in [-0.2, -0.15) is 0 Å². The average Bonchev–Trinajstić information content (AvgIpc) is 2.10. The van der Waals surface area contributed by atoms with Crippen molar-refractivity contribution in [3.63, 3.8) is 0 Å². The first-order valence-electron chi connectivity index (χ1n) is 7.60. The predicted molar refractivity (Wildman–Crippen MR) is 97.3 cm³/mol. The van der Waals surface area contributed by atoms with E-state index in [2.05, 4.69) is 38.8 Å². The fraction of sp³-hybridized carbons (Fsp3) is 1.00. The lowest BCUT2D eigenvalue weighted by Gasteiger charge is -2.38. The Morgan fingerprint density at radius 3 is 1.67 bits per heavy atom. The highest BCUT2D eigenvalue weighted by atomic mass is 32.2. The van der Waals surface area contributed by atoms with Gasteiger partial charge in [-0.05, 0) is 23.2 Å². The molecule has 21 heavy (non-hydrogen) atoms. The molecule has 0 saturated carbocycles. The van der Waals surface area contributed by atoms with Crippen LogP contribution >= 0.6 is 0 Å². The molecule has 0 saturated heterocycles. The van der Waals surface area contributed by atoms with E-state index in [4.69, 9.17) is 3.87 Å². The number of hydrogen-bond acceptors (Lipinski definition) is 4. The minimum atomic E-state index is -3.47. The van der Waals surface area contributed by atoms with Crippen molar-refractivity contribution in [3.05, 3.63) is 0 Å². The van der Waals surface area contributed by atoms with Crippen molar-refractivity contribution in [2.45, 2.75) is 77.8 Å². The molecule has 0 aliphatic rings. The van der Waals surface area contributed by atoms with Crippen molar-refractivity contribution >= 4 is 26.7 Å². The predicted octanol–water partition coefficient (Wildman–Crippen LogP) is 3.93. The molecular formula is C14H35NO3SSi2. The summed E-state index contributed by atoms with van der Waals surface area (Å²) in [6, 6.07) is 0. The van der Waals surface area contributed by atoms with E-state index in [1.807, 2.05) is 33.9 Å². The molecule has 0 heterocycles. The van der Waals surface area contributed by atoms with Crippen LogP contribution in [0, 0.1) is 0 Å². The molecule has 0 fully saturated rings. The zero-order valence-corrected chi connectivity index (χ0v) is 18.4. The third-order valence-electron chi connectivity index (χ3n) is 4.94. The van der Waals surface area contributed by atoms with Crippen LogP contribution < -0.4 is 4.98 Å². The molecule has 0 atom stereocenters. The first-order chi connectivity index (χ1) is 8.91. The summed E-state index contributed by atoms with van der Waals surface area (Å²) in [6.45, 7) is 21.6. The molecule has 0 rings (SSSR count). The summed E-state index contributed by atoms with van der Waals surface area (Å²) < 4.78 is 30.0. The number of rotatable bonds is 6. The minimum Gasteiger partial charge on any atom is -0.336 e. The first-order valence-corrected chi connectivity index (χ1v) is 15.1. The van der Waals surface area contributed by atoms with Crippen molar-refractivity contribution < 1.29 is 12.3 Å². The minimum absolute atomic E-state index is 0.0476. The molecule has 0 unspecified atom stereocenters. The third kappa shape index (κ3) is 6.52. The van der Waals surface area contributed by atoms with Crippen LogP contribution in [0.2, 0.25) is 36.3 Å². The van der Waals surface area contributed by atoms with Crippen molar-refractivity contribution in [2.24, 2.45) is 0 Å². The highest BCUT2D eigenvalue weighted by Crippen LogP contribution is 2.37. The molecule has 7 heteroatoms. The zero-order chi connectivity index (χ0) is 17.3. The van der Waals surface area contributed by atoms with Gasteiger partial charge in [0.25, 0.3) is 10.1 Å². The van der Waals surface area contributed by atoms with Gasteiger partial charge in [0, 0.05) is 6.54 Å².